The van der Waals surface area contributed by atoms with Gasteiger partial charge in [0.15, 0.2) is 10.8 Å². The summed E-state index contributed by atoms with van der Waals surface area (Å²) in [5, 5.41) is 12.7. The number of carbonyl (C=O) groups excluding carboxylic acids is 2. The predicted molar refractivity (Wildman–Crippen MR) is 211 cm³/mol. The first-order valence-corrected chi connectivity index (χ1v) is 19.2. The molecule has 2 aliphatic rings. The number of carboxylic acids is 1. The lowest BCUT2D eigenvalue weighted by atomic mass is 9.94. The smallest absolute Gasteiger partial charge is 0.358 e. The number of carbonyl (C=O) groups is 3. The first-order chi connectivity index (χ1) is 25.9. The van der Waals surface area contributed by atoms with Crippen molar-refractivity contribution in [2.24, 2.45) is 5.92 Å². The standard InChI is InChI=1S/C42H45N5O6S/c1-26-29(10-8-13-34(26)52-25-27-17-20-46(21-18-27)24-37(48)49)30-15-16-36(44-38(30)40(51)53-42(2,3)4)47-22-19-28-9-7-11-31(32(28)23-47)39(50)45-41-43-33-12-5-6-14-35(33)54-41/h5-16,27H,17-25H2,1-4H3,(H,48,49)(H,43,45,50). The lowest BCUT2D eigenvalue weighted by Gasteiger charge is -2.31. The maximum absolute atomic E-state index is 13.9. The van der Waals surface area contributed by atoms with Gasteiger partial charge in [0.25, 0.3) is 5.91 Å². The quantitative estimate of drug-likeness (QED) is 0.138. The third-order valence-electron chi connectivity index (χ3n) is 9.94. The van der Waals surface area contributed by atoms with Crippen LogP contribution in [0.15, 0.2) is 72.8 Å². The number of thiazole rings is 1. The Morgan fingerprint density at radius 3 is 2.46 bits per heavy atom. The molecule has 4 heterocycles. The summed E-state index contributed by atoms with van der Waals surface area (Å²) in [5.41, 5.74) is 5.27. The Balaban J connectivity index is 1.13. The van der Waals surface area contributed by atoms with Crippen LogP contribution >= 0.6 is 11.3 Å². The molecule has 1 fully saturated rings. The number of aromatic nitrogens is 2. The second-order valence-electron chi connectivity index (χ2n) is 15.0. The van der Waals surface area contributed by atoms with Gasteiger partial charge in [0.05, 0.1) is 23.4 Å². The molecule has 0 radical (unpaired) electrons. The number of hydrogen-bond acceptors (Lipinski definition) is 10. The van der Waals surface area contributed by atoms with Crippen molar-refractivity contribution < 1.29 is 29.0 Å². The van der Waals surface area contributed by atoms with Gasteiger partial charge in [0.2, 0.25) is 0 Å². The van der Waals surface area contributed by atoms with Crippen LogP contribution in [0.5, 0.6) is 5.75 Å². The molecule has 0 atom stereocenters. The lowest BCUT2D eigenvalue weighted by Crippen LogP contribution is -2.38. The summed E-state index contributed by atoms with van der Waals surface area (Å²) in [6, 6.07) is 23.3. The summed E-state index contributed by atoms with van der Waals surface area (Å²) in [4.78, 5) is 52.2. The van der Waals surface area contributed by atoms with Crippen molar-refractivity contribution in [1.82, 2.24) is 14.9 Å². The van der Waals surface area contributed by atoms with Gasteiger partial charge >= 0.3 is 11.9 Å². The number of nitrogens with zero attached hydrogens (tertiary/aromatic N) is 4. The summed E-state index contributed by atoms with van der Waals surface area (Å²) in [7, 11) is 0. The molecular weight excluding hydrogens is 703 g/mol. The van der Waals surface area contributed by atoms with Crippen LogP contribution in [0.25, 0.3) is 21.3 Å². The number of amides is 1. The highest BCUT2D eigenvalue weighted by Crippen LogP contribution is 2.36. The number of benzene rings is 3. The monoisotopic (exact) mass is 747 g/mol. The molecule has 280 valence electrons. The molecule has 2 aromatic heterocycles. The van der Waals surface area contributed by atoms with Gasteiger partial charge in [-0.05, 0) is 125 Å². The van der Waals surface area contributed by atoms with Crippen molar-refractivity contribution in [2.75, 3.05) is 43.0 Å². The molecule has 2 aliphatic heterocycles. The van der Waals surface area contributed by atoms with Gasteiger partial charge in [-0.3, -0.25) is 19.8 Å². The third kappa shape index (κ3) is 8.40. The summed E-state index contributed by atoms with van der Waals surface area (Å²) in [6.07, 6.45) is 2.45. The number of likely N-dealkylation sites (tertiary alicyclic amines) is 1. The highest BCUT2D eigenvalue weighted by atomic mass is 32.1. The van der Waals surface area contributed by atoms with E-state index in [-0.39, 0.29) is 18.1 Å². The molecule has 2 N–H and O–H groups in total. The van der Waals surface area contributed by atoms with Crippen LogP contribution in [0.1, 0.15) is 71.1 Å². The molecule has 11 nitrogen and oxygen atoms in total. The Hall–Kier alpha value is -5.33. The zero-order chi connectivity index (χ0) is 38.0. The number of esters is 1. The van der Waals surface area contributed by atoms with Crippen molar-refractivity contribution in [3.05, 3.63) is 101 Å². The maximum Gasteiger partial charge on any atom is 0.358 e. The van der Waals surface area contributed by atoms with E-state index < -0.39 is 17.5 Å². The van der Waals surface area contributed by atoms with Crippen LogP contribution in [0.4, 0.5) is 10.9 Å². The van der Waals surface area contributed by atoms with Gasteiger partial charge in [-0.25, -0.2) is 14.8 Å². The fourth-order valence-corrected chi connectivity index (χ4v) is 8.04. The number of anilines is 2. The van der Waals surface area contributed by atoms with Crippen LogP contribution < -0.4 is 15.0 Å². The lowest BCUT2D eigenvalue weighted by molar-refractivity contribution is -0.138. The molecule has 54 heavy (non-hydrogen) atoms. The molecule has 3 aromatic carbocycles. The van der Waals surface area contributed by atoms with Gasteiger partial charge in [-0.15, -0.1) is 0 Å². The van der Waals surface area contributed by atoms with E-state index >= 15 is 0 Å². The van der Waals surface area contributed by atoms with E-state index in [4.69, 9.17) is 19.6 Å². The fraction of sp³-hybridized carbons (Fsp3) is 0.357. The molecular formula is C42H45N5O6S. The Morgan fingerprint density at radius 1 is 0.926 bits per heavy atom. The number of piperidine rings is 1. The highest BCUT2D eigenvalue weighted by Gasteiger charge is 2.28. The molecule has 7 rings (SSSR count). The fourth-order valence-electron chi connectivity index (χ4n) is 7.18. The number of para-hydroxylation sites is 1. The molecule has 0 bridgehead atoms. The van der Waals surface area contributed by atoms with E-state index in [0.717, 1.165) is 64.2 Å². The third-order valence-corrected chi connectivity index (χ3v) is 10.9. The average Bonchev–Trinajstić information content (AvgIpc) is 3.56. The van der Waals surface area contributed by atoms with E-state index in [1.54, 1.807) is 0 Å². The maximum atomic E-state index is 13.9. The van der Waals surface area contributed by atoms with Crippen LogP contribution in [0, 0.1) is 12.8 Å². The van der Waals surface area contributed by atoms with Gasteiger partial charge in [0, 0.05) is 24.2 Å². The number of pyridine rings is 1. The normalized spacial score (nSPS) is 15.1. The minimum Gasteiger partial charge on any atom is -0.493 e. The number of fused-ring (bicyclic) bond motifs is 2. The van der Waals surface area contributed by atoms with E-state index in [0.29, 0.717) is 54.1 Å². The molecule has 5 aromatic rings. The molecule has 1 saturated heterocycles. The molecule has 0 unspecified atom stereocenters. The summed E-state index contributed by atoms with van der Waals surface area (Å²) in [6.45, 7) is 10.7. The van der Waals surface area contributed by atoms with Gasteiger partial charge in [-0.2, -0.15) is 0 Å². The number of hydrogen-bond donors (Lipinski definition) is 2. The Labute approximate surface area is 318 Å². The van der Waals surface area contributed by atoms with E-state index in [1.165, 1.54) is 11.3 Å². The topological polar surface area (TPSA) is 134 Å². The van der Waals surface area contributed by atoms with Gasteiger partial charge in [-0.1, -0.05) is 47.7 Å². The van der Waals surface area contributed by atoms with E-state index in [1.807, 2.05) is 99.3 Å². The predicted octanol–water partition coefficient (Wildman–Crippen LogP) is 7.61. The molecule has 12 heteroatoms. The molecule has 0 spiro atoms. The van der Waals surface area contributed by atoms with Crippen LogP contribution in [-0.2, 0) is 22.5 Å². The van der Waals surface area contributed by atoms with Crippen molar-refractivity contribution in [1.29, 1.82) is 0 Å². The zero-order valence-electron chi connectivity index (χ0n) is 31.1. The van der Waals surface area contributed by atoms with Crippen LogP contribution in [0.3, 0.4) is 0 Å². The minimum absolute atomic E-state index is 0.0661. The molecule has 0 saturated carbocycles. The SMILES string of the molecule is Cc1c(OCC2CCN(CC(=O)O)CC2)cccc1-c1ccc(N2CCc3cccc(C(=O)Nc4nc5ccccc5s4)c3C2)nc1C(=O)OC(C)(C)C. The molecule has 0 aliphatic carbocycles. The number of nitrogens with one attached hydrogen (secondary N) is 1. The second-order valence-corrected chi connectivity index (χ2v) is 16.0. The van der Waals surface area contributed by atoms with Gasteiger partial charge < -0.3 is 19.5 Å². The minimum atomic E-state index is -0.803. The Bertz CT molecular complexity index is 2170. The first kappa shape index (κ1) is 37.0. The van der Waals surface area contributed by atoms with E-state index in [2.05, 4.69) is 21.3 Å². The summed E-state index contributed by atoms with van der Waals surface area (Å²) >= 11 is 1.44. The average molecular weight is 748 g/mol. The summed E-state index contributed by atoms with van der Waals surface area (Å²) in [5.74, 6) is 0.126. The van der Waals surface area contributed by atoms with Crippen LogP contribution in [-0.4, -0.2) is 76.2 Å². The number of rotatable bonds is 10. The van der Waals surface area contributed by atoms with Crippen molar-refractivity contribution in [3.8, 4) is 16.9 Å². The number of ether oxygens (including phenoxy) is 2. The van der Waals surface area contributed by atoms with Crippen LogP contribution in [0.2, 0.25) is 0 Å². The Kier molecular flexibility index (Phi) is 10.7. The van der Waals surface area contributed by atoms with Crippen molar-refractivity contribution in [3.63, 3.8) is 0 Å². The van der Waals surface area contributed by atoms with Crippen molar-refractivity contribution in [2.45, 2.75) is 59.1 Å². The largest absolute Gasteiger partial charge is 0.493 e. The van der Waals surface area contributed by atoms with Gasteiger partial charge in [0.1, 0.15) is 17.2 Å². The highest BCUT2D eigenvalue weighted by molar-refractivity contribution is 7.22. The first-order valence-electron chi connectivity index (χ1n) is 18.4. The second kappa shape index (κ2) is 15.6. The Morgan fingerprint density at radius 2 is 1.70 bits per heavy atom. The van der Waals surface area contributed by atoms with Crippen molar-refractivity contribution >= 4 is 50.3 Å². The number of aliphatic carboxylic acids is 1. The van der Waals surface area contributed by atoms with E-state index in [9.17, 15) is 14.4 Å². The summed E-state index contributed by atoms with van der Waals surface area (Å²) < 4.78 is 13.3. The zero-order valence-corrected chi connectivity index (χ0v) is 31.9. The number of carboxylic acid groups (broad SMARTS) is 1. The molecule has 1 amide bonds.